The van der Waals surface area contributed by atoms with Crippen LogP contribution in [0.15, 0.2) is 53.9 Å². The largest absolute Gasteiger partial charge is 0.497 e. The molecule has 0 N–H and O–H groups in total. The standard InChI is InChI=1S/C23H21N3O3S/c1-15-25-18(14-30-15)10-11-26-21(17-8-6-16(13-24)7-9-17)22(23(26)27)29-20-5-3-4-19(12-20)28-2/h3-9,12,14,21-22H,10-11H2,1-2H3/t21-,22-/m0/s1. The second-order valence-electron chi connectivity index (χ2n) is 7.04. The molecule has 6 nitrogen and oxygen atoms in total. The van der Waals surface area contributed by atoms with E-state index in [4.69, 9.17) is 14.7 Å². The zero-order valence-corrected chi connectivity index (χ0v) is 17.6. The summed E-state index contributed by atoms with van der Waals surface area (Å²) in [6, 6.07) is 16.4. The molecule has 1 amide bonds. The average molecular weight is 420 g/mol. The summed E-state index contributed by atoms with van der Waals surface area (Å²) in [7, 11) is 1.59. The molecule has 0 bridgehead atoms. The highest BCUT2D eigenvalue weighted by atomic mass is 32.1. The lowest BCUT2D eigenvalue weighted by molar-refractivity contribution is -0.164. The first kappa shape index (κ1) is 19.9. The molecular weight excluding hydrogens is 398 g/mol. The summed E-state index contributed by atoms with van der Waals surface area (Å²) in [6.45, 7) is 2.53. The number of benzene rings is 2. The maximum atomic E-state index is 13.0. The monoisotopic (exact) mass is 419 g/mol. The van der Waals surface area contributed by atoms with Gasteiger partial charge in [-0.1, -0.05) is 18.2 Å². The van der Waals surface area contributed by atoms with Gasteiger partial charge in [-0.15, -0.1) is 11.3 Å². The predicted molar refractivity (Wildman–Crippen MR) is 114 cm³/mol. The van der Waals surface area contributed by atoms with Gasteiger partial charge >= 0.3 is 0 Å². The van der Waals surface area contributed by atoms with Crippen molar-refractivity contribution in [3.8, 4) is 17.6 Å². The molecule has 0 unspecified atom stereocenters. The van der Waals surface area contributed by atoms with E-state index in [-0.39, 0.29) is 11.9 Å². The molecule has 1 aromatic heterocycles. The maximum absolute atomic E-state index is 13.0. The van der Waals surface area contributed by atoms with E-state index in [9.17, 15) is 4.79 Å². The van der Waals surface area contributed by atoms with Gasteiger partial charge in [-0.3, -0.25) is 4.79 Å². The molecule has 152 valence electrons. The molecule has 0 spiro atoms. The van der Waals surface area contributed by atoms with Crippen LogP contribution in [0.3, 0.4) is 0 Å². The van der Waals surface area contributed by atoms with Crippen molar-refractivity contribution in [2.24, 2.45) is 0 Å². The zero-order valence-electron chi connectivity index (χ0n) is 16.7. The number of hydrogen-bond acceptors (Lipinski definition) is 6. The zero-order chi connectivity index (χ0) is 21.1. The predicted octanol–water partition coefficient (Wildman–Crippen LogP) is 3.91. The summed E-state index contributed by atoms with van der Waals surface area (Å²) < 4.78 is 11.3. The van der Waals surface area contributed by atoms with Crippen molar-refractivity contribution in [1.82, 2.24) is 9.88 Å². The highest BCUT2D eigenvalue weighted by molar-refractivity contribution is 7.09. The molecule has 0 aliphatic carbocycles. The maximum Gasteiger partial charge on any atom is 0.266 e. The molecule has 2 heterocycles. The lowest BCUT2D eigenvalue weighted by Gasteiger charge is -2.46. The van der Waals surface area contributed by atoms with Crippen molar-refractivity contribution in [2.75, 3.05) is 13.7 Å². The van der Waals surface area contributed by atoms with Gasteiger partial charge in [0.25, 0.3) is 5.91 Å². The third-order valence-corrected chi connectivity index (χ3v) is 5.93. The Labute approximate surface area is 179 Å². The Morgan fingerprint density at radius 1 is 1.20 bits per heavy atom. The van der Waals surface area contributed by atoms with Crippen molar-refractivity contribution >= 4 is 17.2 Å². The highest BCUT2D eigenvalue weighted by Crippen LogP contribution is 2.38. The Balaban J connectivity index is 1.56. The number of thiazole rings is 1. The van der Waals surface area contributed by atoms with Crippen molar-refractivity contribution < 1.29 is 14.3 Å². The van der Waals surface area contributed by atoms with Crippen LogP contribution in [0, 0.1) is 18.3 Å². The number of carbonyl (C=O) groups is 1. The number of hydrogen-bond donors (Lipinski definition) is 0. The minimum Gasteiger partial charge on any atom is -0.497 e. The topological polar surface area (TPSA) is 75.5 Å². The first-order chi connectivity index (χ1) is 14.6. The van der Waals surface area contributed by atoms with Gasteiger partial charge in [0.15, 0.2) is 0 Å². The number of amides is 1. The fraction of sp³-hybridized carbons (Fsp3) is 0.261. The molecule has 30 heavy (non-hydrogen) atoms. The van der Waals surface area contributed by atoms with Crippen LogP contribution >= 0.6 is 11.3 Å². The van der Waals surface area contributed by atoms with Crippen LogP contribution in [0.2, 0.25) is 0 Å². The van der Waals surface area contributed by atoms with Crippen molar-refractivity contribution in [3.05, 3.63) is 75.7 Å². The molecule has 1 fully saturated rings. The third-order valence-electron chi connectivity index (χ3n) is 5.11. The minimum atomic E-state index is -0.623. The Morgan fingerprint density at radius 2 is 1.97 bits per heavy atom. The fourth-order valence-electron chi connectivity index (χ4n) is 3.57. The molecule has 2 aromatic carbocycles. The van der Waals surface area contributed by atoms with Crippen LogP contribution in [0.5, 0.6) is 11.5 Å². The summed E-state index contributed by atoms with van der Waals surface area (Å²) >= 11 is 1.61. The second kappa shape index (κ2) is 8.56. The summed E-state index contributed by atoms with van der Waals surface area (Å²) in [4.78, 5) is 19.3. The number of rotatable bonds is 7. The number of aromatic nitrogens is 1. The number of methoxy groups -OCH3 is 1. The van der Waals surface area contributed by atoms with Gasteiger partial charge in [0, 0.05) is 24.4 Å². The molecular formula is C23H21N3O3S. The van der Waals surface area contributed by atoms with Crippen LogP contribution in [-0.4, -0.2) is 35.5 Å². The fourth-order valence-corrected chi connectivity index (χ4v) is 4.22. The van der Waals surface area contributed by atoms with E-state index in [1.54, 1.807) is 36.6 Å². The smallest absolute Gasteiger partial charge is 0.266 e. The second-order valence-corrected chi connectivity index (χ2v) is 8.10. The molecule has 2 atom stereocenters. The summed E-state index contributed by atoms with van der Waals surface area (Å²) in [5.74, 6) is 1.20. The van der Waals surface area contributed by atoms with E-state index in [2.05, 4.69) is 11.1 Å². The van der Waals surface area contributed by atoms with E-state index < -0.39 is 6.10 Å². The minimum absolute atomic E-state index is 0.0564. The van der Waals surface area contributed by atoms with Crippen LogP contribution in [0.25, 0.3) is 0 Å². The van der Waals surface area contributed by atoms with E-state index in [0.717, 1.165) is 16.3 Å². The molecule has 0 radical (unpaired) electrons. The van der Waals surface area contributed by atoms with Crippen LogP contribution < -0.4 is 9.47 Å². The molecule has 1 aliphatic heterocycles. The van der Waals surface area contributed by atoms with Gasteiger partial charge in [0.2, 0.25) is 6.10 Å². The average Bonchev–Trinajstić information content (AvgIpc) is 3.20. The van der Waals surface area contributed by atoms with E-state index in [0.29, 0.717) is 30.0 Å². The van der Waals surface area contributed by atoms with Crippen LogP contribution in [0.1, 0.15) is 27.9 Å². The van der Waals surface area contributed by atoms with Crippen molar-refractivity contribution in [3.63, 3.8) is 0 Å². The number of β-lactam (4-membered cyclic amide) rings is 1. The van der Waals surface area contributed by atoms with E-state index in [1.807, 2.05) is 47.5 Å². The summed E-state index contributed by atoms with van der Waals surface area (Å²) in [5.41, 5.74) is 2.51. The number of ether oxygens (including phenoxy) is 2. The Kier molecular flexibility index (Phi) is 5.68. The molecule has 1 aliphatic rings. The number of likely N-dealkylation sites (tertiary alicyclic amines) is 1. The van der Waals surface area contributed by atoms with Gasteiger partial charge in [-0.25, -0.2) is 4.98 Å². The lowest BCUT2D eigenvalue weighted by Crippen LogP contribution is -2.61. The highest BCUT2D eigenvalue weighted by Gasteiger charge is 2.49. The Bertz CT molecular complexity index is 1090. The van der Waals surface area contributed by atoms with Crippen molar-refractivity contribution in [1.29, 1.82) is 5.26 Å². The first-order valence-corrected chi connectivity index (χ1v) is 10.5. The van der Waals surface area contributed by atoms with Crippen LogP contribution in [-0.2, 0) is 11.2 Å². The lowest BCUT2D eigenvalue weighted by atomic mass is 9.89. The van der Waals surface area contributed by atoms with Crippen molar-refractivity contribution in [2.45, 2.75) is 25.5 Å². The molecule has 4 rings (SSSR count). The molecule has 1 saturated heterocycles. The molecule has 7 heteroatoms. The number of nitriles is 1. The van der Waals surface area contributed by atoms with E-state index in [1.165, 1.54) is 0 Å². The van der Waals surface area contributed by atoms with Crippen LogP contribution in [0.4, 0.5) is 0 Å². The number of carbonyl (C=O) groups excluding carboxylic acids is 1. The van der Waals surface area contributed by atoms with E-state index >= 15 is 0 Å². The summed E-state index contributed by atoms with van der Waals surface area (Å²) in [5, 5.41) is 12.1. The quantitative estimate of drug-likeness (QED) is 0.543. The first-order valence-electron chi connectivity index (χ1n) is 9.61. The Hall–Kier alpha value is -3.37. The normalized spacial score (nSPS) is 17.9. The number of nitrogens with zero attached hydrogens (tertiary/aromatic N) is 3. The molecule has 3 aromatic rings. The number of aryl methyl sites for hydroxylation is 1. The van der Waals surface area contributed by atoms with Gasteiger partial charge in [-0.05, 0) is 36.8 Å². The molecule has 0 saturated carbocycles. The summed E-state index contributed by atoms with van der Waals surface area (Å²) in [6.07, 6.45) is 0.0663. The Morgan fingerprint density at radius 3 is 2.63 bits per heavy atom. The SMILES string of the molecule is COc1cccc(O[C@@H]2C(=O)N(CCc3csc(C)n3)[C@H]2c2ccc(C#N)cc2)c1. The van der Waals surface area contributed by atoms with Gasteiger partial charge in [0.05, 0.1) is 29.4 Å². The third kappa shape index (κ3) is 4.00. The van der Waals surface area contributed by atoms with Gasteiger partial charge in [-0.2, -0.15) is 5.26 Å². The van der Waals surface area contributed by atoms with Gasteiger partial charge < -0.3 is 14.4 Å². The van der Waals surface area contributed by atoms with Gasteiger partial charge in [0.1, 0.15) is 17.5 Å².